The van der Waals surface area contributed by atoms with E-state index in [0.717, 1.165) is 11.3 Å². The number of hydrogen-bond donors (Lipinski definition) is 1. The maximum Gasteiger partial charge on any atom is 0.325 e. The molecule has 4 rings (SSSR count). The van der Waals surface area contributed by atoms with Gasteiger partial charge in [0.25, 0.3) is 5.91 Å². The van der Waals surface area contributed by atoms with Crippen molar-refractivity contribution in [2.45, 2.75) is 18.9 Å². The predicted molar refractivity (Wildman–Crippen MR) is 97.0 cm³/mol. The van der Waals surface area contributed by atoms with Crippen LogP contribution in [0, 0.1) is 0 Å². The van der Waals surface area contributed by atoms with E-state index in [2.05, 4.69) is 5.32 Å². The van der Waals surface area contributed by atoms with Crippen LogP contribution in [-0.2, 0) is 19.9 Å². The Morgan fingerprint density at radius 3 is 2.57 bits per heavy atom. The van der Waals surface area contributed by atoms with Crippen molar-refractivity contribution in [1.29, 1.82) is 0 Å². The van der Waals surface area contributed by atoms with Crippen LogP contribution in [0.2, 0.25) is 0 Å². The summed E-state index contributed by atoms with van der Waals surface area (Å²) in [6, 6.07) is 4.61. The second-order valence-electron chi connectivity index (χ2n) is 7.15. The summed E-state index contributed by atoms with van der Waals surface area (Å²) in [4.78, 5) is 40.6. The molecule has 3 aliphatic rings. The molecule has 4 amide bonds. The summed E-state index contributed by atoms with van der Waals surface area (Å²) in [5, 5.41) is 2.72. The van der Waals surface area contributed by atoms with Gasteiger partial charge in [-0.25, -0.2) is 4.79 Å². The van der Waals surface area contributed by atoms with E-state index in [1.165, 1.54) is 0 Å². The molecule has 2 fully saturated rings. The van der Waals surface area contributed by atoms with Crippen LogP contribution in [0.15, 0.2) is 18.2 Å². The second kappa shape index (κ2) is 7.31. The highest BCUT2D eigenvalue weighted by molar-refractivity contribution is 6.09. The van der Waals surface area contributed by atoms with E-state index in [1.807, 2.05) is 0 Å². The fourth-order valence-corrected chi connectivity index (χ4v) is 3.56. The molecule has 2 saturated heterocycles. The zero-order valence-electron chi connectivity index (χ0n) is 15.7. The van der Waals surface area contributed by atoms with Gasteiger partial charge in [-0.1, -0.05) is 6.07 Å². The van der Waals surface area contributed by atoms with Crippen molar-refractivity contribution >= 4 is 17.8 Å². The van der Waals surface area contributed by atoms with Crippen molar-refractivity contribution < 1.29 is 28.6 Å². The third-order valence-electron chi connectivity index (χ3n) is 5.26. The molecule has 1 N–H and O–H groups in total. The molecule has 0 aliphatic carbocycles. The molecule has 1 aromatic carbocycles. The zero-order chi connectivity index (χ0) is 19.7. The lowest BCUT2D eigenvalue weighted by Gasteiger charge is -2.28. The maximum absolute atomic E-state index is 13.1. The monoisotopic (exact) mass is 389 g/mol. The van der Waals surface area contributed by atoms with Gasteiger partial charge < -0.3 is 24.4 Å². The summed E-state index contributed by atoms with van der Waals surface area (Å²) in [7, 11) is 0. The summed E-state index contributed by atoms with van der Waals surface area (Å²) >= 11 is 0. The van der Waals surface area contributed by atoms with Crippen LogP contribution in [0.5, 0.6) is 11.5 Å². The summed E-state index contributed by atoms with van der Waals surface area (Å²) < 4.78 is 16.5. The number of fused-ring (bicyclic) bond motifs is 1. The number of urea groups is 1. The first-order valence-corrected chi connectivity index (χ1v) is 9.39. The van der Waals surface area contributed by atoms with Crippen LogP contribution in [0.4, 0.5) is 4.79 Å². The van der Waals surface area contributed by atoms with Gasteiger partial charge in [0, 0.05) is 19.5 Å². The number of benzene rings is 1. The molecule has 150 valence electrons. The molecule has 3 aliphatic heterocycles. The number of nitrogens with zero attached hydrogens (tertiary/aromatic N) is 2. The van der Waals surface area contributed by atoms with Gasteiger partial charge in [0.15, 0.2) is 11.5 Å². The molecule has 9 nitrogen and oxygen atoms in total. The molecular formula is C19H23N3O6. The highest BCUT2D eigenvalue weighted by Gasteiger charge is 2.50. The summed E-state index contributed by atoms with van der Waals surface area (Å²) in [6.45, 7) is 4.27. The van der Waals surface area contributed by atoms with Crippen molar-refractivity contribution in [3.8, 4) is 11.5 Å². The van der Waals surface area contributed by atoms with Gasteiger partial charge in [-0.2, -0.15) is 0 Å². The summed E-state index contributed by atoms with van der Waals surface area (Å²) in [5.74, 6) is 0.422. The van der Waals surface area contributed by atoms with E-state index >= 15 is 0 Å². The van der Waals surface area contributed by atoms with Gasteiger partial charge in [0.1, 0.15) is 12.1 Å². The van der Waals surface area contributed by atoms with Crippen molar-refractivity contribution in [1.82, 2.24) is 15.1 Å². The largest absolute Gasteiger partial charge is 0.490 e. The molecule has 0 radical (unpaired) electrons. The molecule has 0 unspecified atom stereocenters. The van der Waals surface area contributed by atoms with E-state index < -0.39 is 17.5 Å². The minimum absolute atomic E-state index is 0.269. The normalized spacial score (nSPS) is 24.8. The molecule has 0 spiro atoms. The molecule has 1 aromatic rings. The lowest BCUT2D eigenvalue weighted by molar-refractivity contribution is -0.141. The quantitative estimate of drug-likeness (QED) is 0.755. The van der Waals surface area contributed by atoms with Crippen LogP contribution in [0.3, 0.4) is 0 Å². The van der Waals surface area contributed by atoms with Gasteiger partial charge >= 0.3 is 6.03 Å². The van der Waals surface area contributed by atoms with E-state index in [9.17, 15) is 14.4 Å². The Hall–Kier alpha value is -2.81. The number of carbonyl (C=O) groups excluding carboxylic acids is 3. The number of rotatable bonds is 3. The fraction of sp³-hybridized carbons (Fsp3) is 0.526. The minimum Gasteiger partial charge on any atom is -0.490 e. The molecule has 3 heterocycles. The Bertz CT molecular complexity index is 807. The van der Waals surface area contributed by atoms with E-state index in [-0.39, 0.29) is 12.5 Å². The van der Waals surface area contributed by atoms with Crippen LogP contribution in [0.1, 0.15) is 18.9 Å². The van der Waals surface area contributed by atoms with E-state index in [0.29, 0.717) is 56.6 Å². The van der Waals surface area contributed by atoms with Gasteiger partial charge in [-0.15, -0.1) is 0 Å². The first kappa shape index (κ1) is 18.5. The Balaban J connectivity index is 1.54. The zero-order valence-corrected chi connectivity index (χ0v) is 15.7. The summed E-state index contributed by atoms with van der Waals surface area (Å²) in [6.07, 6.45) is 0.772. The third-order valence-corrected chi connectivity index (χ3v) is 5.26. The average Bonchev–Trinajstić information content (AvgIpc) is 2.88. The number of nitrogens with one attached hydrogen (secondary N) is 1. The van der Waals surface area contributed by atoms with Crippen molar-refractivity contribution in [3.63, 3.8) is 0 Å². The van der Waals surface area contributed by atoms with Crippen LogP contribution in [0.25, 0.3) is 0 Å². The van der Waals surface area contributed by atoms with Crippen molar-refractivity contribution in [3.05, 3.63) is 23.8 Å². The Labute approximate surface area is 162 Å². The first-order chi connectivity index (χ1) is 13.5. The number of carbonyl (C=O) groups is 3. The Morgan fingerprint density at radius 2 is 1.82 bits per heavy atom. The van der Waals surface area contributed by atoms with Gasteiger partial charge in [0.05, 0.1) is 26.4 Å². The minimum atomic E-state index is -1.27. The van der Waals surface area contributed by atoms with Crippen LogP contribution in [-0.4, -0.2) is 73.7 Å². The predicted octanol–water partition coefficient (Wildman–Crippen LogP) is 0.474. The highest BCUT2D eigenvalue weighted by Crippen LogP contribution is 2.36. The molecule has 9 heteroatoms. The third kappa shape index (κ3) is 3.26. The highest BCUT2D eigenvalue weighted by atomic mass is 16.5. The number of amides is 4. The topological polar surface area (TPSA) is 97.4 Å². The van der Waals surface area contributed by atoms with Crippen molar-refractivity contribution in [2.75, 3.05) is 46.1 Å². The molecule has 0 aromatic heterocycles. The fourth-order valence-electron chi connectivity index (χ4n) is 3.56. The number of ether oxygens (including phenoxy) is 3. The van der Waals surface area contributed by atoms with Gasteiger partial charge in [-0.3, -0.25) is 14.5 Å². The standard InChI is InChI=1S/C19H23N3O6/c1-19(13-3-4-14-15(11-13)28-8-2-7-27-14)17(24)22(18(25)20-19)12-16(23)21-5-9-26-10-6-21/h3-4,11H,2,5-10,12H2,1H3,(H,20,25)/t19-/m1/s1. The second-order valence-corrected chi connectivity index (χ2v) is 7.15. The number of imide groups is 1. The Morgan fingerprint density at radius 1 is 1.11 bits per heavy atom. The average molecular weight is 389 g/mol. The van der Waals surface area contributed by atoms with Crippen LogP contribution < -0.4 is 14.8 Å². The summed E-state index contributed by atoms with van der Waals surface area (Å²) in [5.41, 5.74) is -0.691. The smallest absolute Gasteiger partial charge is 0.325 e. The Kier molecular flexibility index (Phi) is 4.84. The maximum atomic E-state index is 13.1. The van der Waals surface area contributed by atoms with Gasteiger partial charge in [0.2, 0.25) is 5.91 Å². The van der Waals surface area contributed by atoms with Crippen LogP contribution >= 0.6 is 0 Å². The lowest BCUT2D eigenvalue weighted by Crippen LogP contribution is -2.47. The first-order valence-electron chi connectivity index (χ1n) is 9.39. The van der Waals surface area contributed by atoms with E-state index in [4.69, 9.17) is 14.2 Å². The molecule has 28 heavy (non-hydrogen) atoms. The van der Waals surface area contributed by atoms with E-state index in [1.54, 1.807) is 30.0 Å². The number of hydrogen-bond acceptors (Lipinski definition) is 6. The molecular weight excluding hydrogens is 366 g/mol. The molecule has 0 saturated carbocycles. The van der Waals surface area contributed by atoms with Gasteiger partial charge in [-0.05, 0) is 24.6 Å². The lowest BCUT2D eigenvalue weighted by atomic mass is 9.91. The molecule has 0 bridgehead atoms. The SMILES string of the molecule is C[C@]1(c2ccc3c(c2)OCCCO3)NC(=O)N(CC(=O)N2CCOCC2)C1=O. The van der Waals surface area contributed by atoms with Crippen molar-refractivity contribution in [2.24, 2.45) is 0 Å². The number of morpholine rings is 1. The molecule has 1 atom stereocenters.